The first-order valence-corrected chi connectivity index (χ1v) is 12.6. The first-order chi connectivity index (χ1) is 16.8. The maximum atomic E-state index is 13.5. The minimum absolute atomic E-state index is 0.0879. The van der Waals surface area contributed by atoms with E-state index in [9.17, 15) is 27.9 Å². The molecule has 5 rings (SSSR count). The van der Waals surface area contributed by atoms with E-state index in [1.54, 1.807) is 19.9 Å². The van der Waals surface area contributed by atoms with E-state index >= 15 is 0 Å². The van der Waals surface area contributed by atoms with Gasteiger partial charge in [0.15, 0.2) is 11.9 Å². The van der Waals surface area contributed by atoms with E-state index in [1.165, 1.54) is 31.2 Å². The van der Waals surface area contributed by atoms with Crippen molar-refractivity contribution >= 4 is 33.4 Å². The number of hydrogen-bond donors (Lipinski definition) is 1. The van der Waals surface area contributed by atoms with Crippen molar-refractivity contribution in [1.29, 1.82) is 0 Å². The van der Waals surface area contributed by atoms with Crippen molar-refractivity contribution in [2.24, 2.45) is 10.8 Å². The fraction of sp³-hybridized carbons (Fsp3) is 0.520. The number of aliphatic hydroxyl groups is 1. The van der Waals surface area contributed by atoms with E-state index < -0.39 is 68.5 Å². The molecule has 2 bridgehead atoms. The summed E-state index contributed by atoms with van der Waals surface area (Å²) in [5, 5.41) is 11.6. The van der Waals surface area contributed by atoms with Gasteiger partial charge < -0.3 is 24.1 Å². The molecule has 192 valence electrons. The zero-order valence-corrected chi connectivity index (χ0v) is 21.0. The lowest BCUT2D eigenvalue weighted by molar-refractivity contribution is -0.263. The smallest absolute Gasteiger partial charge is 0.341 e. The molecule has 36 heavy (non-hydrogen) atoms. The molecular formula is C25H26O10S. The quantitative estimate of drug-likeness (QED) is 0.201. The Balaban J connectivity index is 1.57. The van der Waals surface area contributed by atoms with Crippen molar-refractivity contribution in [3.05, 3.63) is 47.0 Å². The summed E-state index contributed by atoms with van der Waals surface area (Å²) in [5.74, 6) is -3.88. The summed E-state index contributed by atoms with van der Waals surface area (Å²) in [6.45, 7) is 6.53. The van der Waals surface area contributed by atoms with Gasteiger partial charge in [0.1, 0.15) is 11.7 Å². The molecule has 2 aliphatic heterocycles. The Morgan fingerprint density at radius 2 is 1.81 bits per heavy atom. The van der Waals surface area contributed by atoms with Gasteiger partial charge >= 0.3 is 11.9 Å². The van der Waals surface area contributed by atoms with Crippen molar-refractivity contribution in [1.82, 2.24) is 0 Å². The van der Waals surface area contributed by atoms with Gasteiger partial charge in [-0.2, -0.15) is 8.42 Å². The summed E-state index contributed by atoms with van der Waals surface area (Å²) in [7, 11) is -2.41. The highest BCUT2D eigenvalue weighted by atomic mass is 32.2. The van der Waals surface area contributed by atoms with Gasteiger partial charge in [-0.05, 0) is 37.1 Å². The third-order valence-electron chi connectivity index (χ3n) is 8.38. The lowest BCUT2D eigenvalue weighted by Crippen LogP contribution is -2.67. The molecule has 2 aliphatic carbocycles. The molecule has 1 saturated carbocycles. The van der Waals surface area contributed by atoms with E-state index in [4.69, 9.17) is 18.9 Å². The molecular weight excluding hydrogens is 492 g/mol. The van der Waals surface area contributed by atoms with Crippen LogP contribution in [0.3, 0.4) is 0 Å². The maximum absolute atomic E-state index is 13.5. The second kappa shape index (κ2) is 7.82. The number of ether oxygens (including phenoxy) is 4. The molecule has 0 radical (unpaired) electrons. The van der Waals surface area contributed by atoms with Crippen molar-refractivity contribution < 1.29 is 46.9 Å². The largest absolute Gasteiger partial charge is 0.420 e. The normalized spacial score (nSPS) is 40.2. The summed E-state index contributed by atoms with van der Waals surface area (Å²) < 4.78 is 45.7. The number of carbonyl (C=O) groups excluding carboxylic acids is 3. The zero-order chi connectivity index (χ0) is 26.3. The average Bonchev–Trinajstić information content (AvgIpc) is 3.57. The monoisotopic (exact) mass is 518 g/mol. The van der Waals surface area contributed by atoms with Gasteiger partial charge in [-0.1, -0.05) is 25.1 Å². The van der Waals surface area contributed by atoms with Gasteiger partial charge in [-0.15, -0.1) is 0 Å². The van der Waals surface area contributed by atoms with Crippen molar-refractivity contribution in [2.45, 2.75) is 63.8 Å². The number of Topliss-reactive ketones (excluding diaryl/α,β-unsaturated/α-hetero) is 1. The number of fused-ring (bicyclic) bond motifs is 2. The molecule has 0 amide bonds. The topological polar surface area (TPSA) is 146 Å². The molecule has 1 N–H and O–H groups in total. The first-order valence-electron chi connectivity index (χ1n) is 11.5. The number of aliphatic hydroxyl groups excluding tert-OH is 1. The molecule has 2 saturated heterocycles. The predicted octanol–water partition coefficient (Wildman–Crippen LogP) is 0.975. The van der Waals surface area contributed by atoms with Gasteiger partial charge in [0.2, 0.25) is 10.3 Å². The van der Waals surface area contributed by atoms with Crippen LogP contribution >= 0.6 is 0 Å². The average molecular weight is 519 g/mol. The number of carbonyl (C=O) groups is 3. The fourth-order valence-electron chi connectivity index (χ4n) is 6.27. The van der Waals surface area contributed by atoms with Gasteiger partial charge in [0.25, 0.3) is 5.79 Å². The Hall–Kier alpha value is -2.86. The summed E-state index contributed by atoms with van der Waals surface area (Å²) in [4.78, 5) is 39.0. The van der Waals surface area contributed by atoms with Crippen LogP contribution in [0.25, 0.3) is 0 Å². The van der Waals surface area contributed by atoms with E-state index in [1.807, 2.05) is 6.92 Å². The molecule has 4 aliphatic rings. The molecule has 3 fully saturated rings. The lowest BCUT2D eigenvalue weighted by Gasteiger charge is -2.55. The van der Waals surface area contributed by atoms with Crippen LogP contribution in [0, 0.1) is 10.8 Å². The Kier molecular flexibility index (Phi) is 5.39. The minimum Gasteiger partial charge on any atom is -0.420 e. The molecule has 1 spiro atoms. The number of esters is 2. The van der Waals surface area contributed by atoms with E-state index in [0.717, 1.165) is 5.37 Å². The molecule has 0 aromatic heterocycles. The van der Waals surface area contributed by atoms with Crippen molar-refractivity contribution in [3.63, 3.8) is 0 Å². The molecule has 11 heteroatoms. The van der Waals surface area contributed by atoms with Crippen LogP contribution in [0.2, 0.25) is 0 Å². The Bertz CT molecular complexity index is 1330. The molecule has 2 heterocycles. The highest BCUT2D eigenvalue weighted by Crippen LogP contribution is 2.73. The third kappa shape index (κ3) is 3.19. The lowest BCUT2D eigenvalue weighted by atomic mass is 9.52. The van der Waals surface area contributed by atoms with E-state index in [0.29, 0.717) is 11.1 Å². The maximum Gasteiger partial charge on any atom is 0.341 e. The fourth-order valence-corrected chi connectivity index (χ4v) is 6.65. The van der Waals surface area contributed by atoms with E-state index in [2.05, 4.69) is 0 Å². The Labute approximate surface area is 208 Å². The Morgan fingerprint density at radius 3 is 2.36 bits per heavy atom. The van der Waals surface area contributed by atoms with Gasteiger partial charge in [0, 0.05) is 18.8 Å². The molecule has 1 aromatic rings. The van der Waals surface area contributed by atoms with Gasteiger partial charge in [-0.3, -0.25) is 9.59 Å². The molecule has 7 atom stereocenters. The van der Waals surface area contributed by atoms with Crippen LogP contribution in [-0.4, -0.2) is 72.9 Å². The number of ketones is 1. The second-order valence-corrected chi connectivity index (χ2v) is 11.1. The minimum atomic E-state index is -2.41. The number of benzene rings is 1. The van der Waals surface area contributed by atoms with Gasteiger partial charge in [-0.25, -0.2) is 4.79 Å². The van der Waals surface area contributed by atoms with Crippen LogP contribution in [-0.2, 0) is 38.8 Å². The van der Waals surface area contributed by atoms with Crippen LogP contribution in [0.15, 0.2) is 35.9 Å². The van der Waals surface area contributed by atoms with Crippen molar-refractivity contribution in [2.75, 3.05) is 6.61 Å². The number of hydrogen-bond acceptors (Lipinski definition) is 10. The van der Waals surface area contributed by atoms with Crippen molar-refractivity contribution in [3.8, 4) is 0 Å². The van der Waals surface area contributed by atoms with Crippen LogP contribution in [0.5, 0.6) is 0 Å². The van der Waals surface area contributed by atoms with Crippen LogP contribution in [0.1, 0.15) is 50.0 Å². The number of epoxide rings is 1. The van der Waals surface area contributed by atoms with E-state index in [-0.39, 0.29) is 18.6 Å². The SMILES string of the molecule is CC(=O)O[C@]1(OC(=O)c2ccc(C=S(=O)=O)cc2)C[C@@]2(C)[C@]3(CO3)[C@@H]1O[C@@H]1C=C(C)C(O)C(=O)[C@@]12C. The third-order valence-corrected chi connectivity index (χ3v) is 8.84. The van der Waals surface area contributed by atoms with Crippen LogP contribution in [0.4, 0.5) is 0 Å². The highest BCUT2D eigenvalue weighted by molar-refractivity contribution is 7.71. The number of rotatable bonds is 4. The predicted molar refractivity (Wildman–Crippen MR) is 123 cm³/mol. The summed E-state index contributed by atoms with van der Waals surface area (Å²) in [5.41, 5.74) is -2.43. The summed E-state index contributed by atoms with van der Waals surface area (Å²) in [6.07, 6.45) is -1.51. The molecule has 1 unspecified atom stereocenters. The highest BCUT2D eigenvalue weighted by Gasteiger charge is 2.87. The second-order valence-electron chi connectivity index (χ2n) is 10.3. The zero-order valence-electron chi connectivity index (χ0n) is 20.1. The van der Waals surface area contributed by atoms with Crippen LogP contribution < -0.4 is 0 Å². The molecule has 1 aromatic carbocycles. The summed E-state index contributed by atoms with van der Waals surface area (Å²) in [6, 6.07) is 5.65. The first kappa shape index (κ1) is 24.8. The Morgan fingerprint density at radius 1 is 1.17 bits per heavy atom. The standard InChI is InChI=1S/C25H26O10S/c1-13-9-17-23(4,19(28)18(13)27)22(3)11-25(34-14(2)26,21(33-17)24(22)12-32-24)35-20(29)16-7-5-15(6-8-16)10-36(30)31/h5-10,17-18,21,27H,11-12H2,1-4H3/t17-,18?,21+,22-,23-,24+,25+/m1/s1. The van der Waals surface area contributed by atoms with Gasteiger partial charge in [0.05, 0.1) is 29.1 Å². The molecule has 10 nitrogen and oxygen atoms in total. The summed E-state index contributed by atoms with van der Waals surface area (Å²) >= 11 is 0.